The molecule has 108 valence electrons. The van der Waals surface area contributed by atoms with E-state index in [-0.39, 0.29) is 5.56 Å². The predicted octanol–water partition coefficient (Wildman–Crippen LogP) is 0.851. The summed E-state index contributed by atoms with van der Waals surface area (Å²) in [5.41, 5.74) is 7.54. The van der Waals surface area contributed by atoms with Gasteiger partial charge < -0.3 is 20.6 Å². The van der Waals surface area contributed by atoms with Gasteiger partial charge in [-0.3, -0.25) is 4.79 Å². The Balaban J connectivity index is 1.77. The Bertz CT molecular complexity index is 838. The number of hydrogen-bond acceptors (Lipinski definition) is 7. The van der Waals surface area contributed by atoms with Crippen molar-refractivity contribution in [2.24, 2.45) is 0 Å². The van der Waals surface area contributed by atoms with Gasteiger partial charge in [0, 0.05) is 19.9 Å². The van der Waals surface area contributed by atoms with Crippen molar-refractivity contribution in [3.8, 4) is 0 Å². The van der Waals surface area contributed by atoms with Gasteiger partial charge in [-0.05, 0) is 12.1 Å². The number of anilines is 2. The van der Waals surface area contributed by atoms with Crippen molar-refractivity contribution in [3.05, 3.63) is 40.5 Å². The number of aryl methyl sites for hydroxylation is 1. The third-order valence-electron chi connectivity index (χ3n) is 3.05. The molecule has 8 heteroatoms. The molecule has 0 unspecified atom stereocenters. The summed E-state index contributed by atoms with van der Waals surface area (Å²) in [6.45, 7) is 2.34. The molecule has 4 N–H and O–H groups in total. The van der Waals surface area contributed by atoms with Gasteiger partial charge >= 0.3 is 0 Å². The number of fused-ring (bicyclic) bond motifs is 1. The van der Waals surface area contributed by atoms with Gasteiger partial charge in [-0.2, -0.15) is 4.98 Å². The van der Waals surface area contributed by atoms with Gasteiger partial charge in [0.1, 0.15) is 0 Å². The third kappa shape index (κ3) is 2.69. The summed E-state index contributed by atoms with van der Waals surface area (Å²) >= 11 is 0. The Morgan fingerprint density at radius 2 is 2.29 bits per heavy atom. The molecule has 8 nitrogen and oxygen atoms in total. The molecule has 0 atom stereocenters. The van der Waals surface area contributed by atoms with Gasteiger partial charge in [0.2, 0.25) is 5.89 Å². The number of aromatic amines is 1. The van der Waals surface area contributed by atoms with Crippen molar-refractivity contribution in [1.82, 2.24) is 20.1 Å². The first-order valence-corrected chi connectivity index (χ1v) is 6.43. The summed E-state index contributed by atoms with van der Waals surface area (Å²) in [6, 6.07) is 3.36. The van der Waals surface area contributed by atoms with Crippen LogP contribution in [0.5, 0.6) is 0 Å². The zero-order valence-electron chi connectivity index (χ0n) is 11.4. The van der Waals surface area contributed by atoms with Crippen LogP contribution in [-0.4, -0.2) is 26.7 Å². The van der Waals surface area contributed by atoms with Crippen LogP contribution in [-0.2, 0) is 6.42 Å². The maximum atomic E-state index is 11.6. The Morgan fingerprint density at radius 1 is 1.43 bits per heavy atom. The lowest BCUT2D eigenvalue weighted by Gasteiger charge is -2.09. The van der Waals surface area contributed by atoms with E-state index >= 15 is 0 Å². The lowest BCUT2D eigenvalue weighted by atomic mass is 10.2. The van der Waals surface area contributed by atoms with Gasteiger partial charge in [0.15, 0.2) is 5.82 Å². The van der Waals surface area contributed by atoms with Gasteiger partial charge in [-0.25, -0.2) is 4.98 Å². The van der Waals surface area contributed by atoms with Crippen LogP contribution in [0.15, 0.2) is 27.8 Å². The molecule has 3 aromatic rings. The van der Waals surface area contributed by atoms with E-state index in [0.717, 1.165) is 5.69 Å². The summed E-state index contributed by atoms with van der Waals surface area (Å²) < 4.78 is 4.90. The Hall–Kier alpha value is -2.90. The van der Waals surface area contributed by atoms with Crippen LogP contribution in [0.1, 0.15) is 11.7 Å². The molecular weight excluding hydrogens is 272 g/mol. The highest BCUT2D eigenvalue weighted by Crippen LogP contribution is 2.22. The monoisotopic (exact) mass is 286 g/mol. The van der Waals surface area contributed by atoms with Crippen LogP contribution >= 0.6 is 0 Å². The number of aromatic nitrogens is 4. The summed E-state index contributed by atoms with van der Waals surface area (Å²) in [5.74, 6) is 1.17. The normalized spacial score (nSPS) is 10.9. The van der Waals surface area contributed by atoms with E-state index in [1.807, 2.05) is 0 Å². The average Bonchev–Trinajstić information content (AvgIpc) is 2.86. The van der Waals surface area contributed by atoms with Crippen LogP contribution in [0, 0.1) is 6.92 Å². The van der Waals surface area contributed by atoms with Crippen molar-refractivity contribution < 1.29 is 4.52 Å². The first-order valence-electron chi connectivity index (χ1n) is 6.43. The Morgan fingerprint density at radius 3 is 3.05 bits per heavy atom. The minimum absolute atomic E-state index is 0.208. The van der Waals surface area contributed by atoms with Gasteiger partial charge in [0.05, 0.1) is 28.6 Å². The maximum absolute atomic E-state index is 11.6. The fourth-order valence-corrected chi connectivity index (χ4v) is 2.04. The van der Waals surface area contributed by atoms with Crippen molar-refractivity contribution in [2.45, 2.75) is 13.3 Å². The van der Waals surface area contributed by atoms with Crippen LogP contribution in [0.2, 0.25) is 0 Å². The number of hydrogen-bond donors (Lipinski definition) is 3. The summed E-state index contributed by atoms with van der Waals surface area (Å²) in [5, 5.41) is 7.47. The topological polar surface area (TPSA) is 123 Å². The molecule has 0 aliphatic heterocycles. The van der Waals surface area contributed by atoms with E-state index in [0.29, 0.717) is 41.3 Å². The second-order valence-corrected chi connectivity index (χ2v) is 4.59. The largest absolute Gasteiger partial charge is 0.397 e. The molecule has 0 aliphatic carbocycles. The lowest BCUT2D eigenvalue weighted by Crippen LogP contribution is -2.10. The number of nitrogens with one attached hydrogen (secondary N) is 2. The van der Waals surface area contributed by atoms with Crippen LogP contribution in [0.4, 0.5) is 11.4 Å². The quantitative estimate of drug-likeness (QED) is 0.607. The average molecular weight is 286 g/mol. The van der Waals surface area contributed by atoms with Gasteiger partial charge in [0.25, 0.3) is 5.56 Å². The summed E-state index contributed by atoms with van der Waals surface area (Å²) in [7, 11) is 0. The van der Waals surface area contributed by atoms with Crippen LogP contribution < -0.4 is 16.6 Å². The molecule has 0 amide bonds. The number of nitrogen functional groups attached to an aromatic ring is 1. The number of benzene rings is 1. The molecule has 21 heavy (non-hydrogen) atoms. The molecule has 0 fully saturated rings. The van der Waals surface area contributed by atoms with Gasteiger partial charge in [-0.1, -0.05) is 5.16 Å². The number of nitrogens with two attached hydrogens (primary N) is 1. The van der Waals surface area contributed by atoms with Crippen molar-refractivity contribution in [3.63, 3.8) is 0 Å². The fourth-order valence-electron chi connectivity index (χ4n) is 2.04. The second-order valence-electron chi connectivity index (χ2n) is 4.59. The van der Waals surface area contributed by atoms with Gasteiger partial charge in [-0.15, -0.1) is 0 Å². The standard InChI is InChI=1S/C13H14N6O2/c1-7-18-12(19-21-7)2-3-15-11-5-10-8(4-9(11)14)13(20)17-6-16-10/h4-6,15H,2-3,14H2,1H3,(H,16,17,20). The first-order chi connectivity index (χ1) is 10.1. The summed E-state index contributed by atoms with van der Waals surface area (Å²) in [4.78, 5) is 22.4. The zero-order valence-corrected chi connectivity index (χ0v) is 11.4. The van der Waals surface area contributed by atoms with Crippen molar-refractivity contribution in [2.75, 3.05) is 17.6 Å². The number of rotatable bonds is 4. The fraction of sp³-hybridized carbons (Fsp3) is 0.231. The van der Waals surface area contributed by atoms with Crippen molar-refractivity contribution in [1.29, 1.82) is 0 Å². The highest BCUT2D eigenvalue weighted by molar-refractivity contribution is 5.88. The molecule has 0 spiro atoms. The zero-order chi connectivity index (χ0) is 14.8. The first kappa shape index (κ1) is 13.1. The van der Waals surface area contributed by atoms with E-state index in [9.17, 15) is 4.79 Å². The van der Waals surface area contributed by atoms with Crippen molar-refractivity contribution >= 4 is 22.3 Å². The summed E-state index contributed by atoms with van der Waals surface area (Å²) in [6.07, 6.45) is 1.98. The molecule has 3 rings (SSSR count). The third-order valence-corrected chi connectivity index (χ3v) is 3.05. The minimum Gasteiger partial charge on any atom is -0.397 e. The van der Waals surface area contributed by atoms with E-state index in [4.69, 9.17) is 10.3 Å². The SMILES string of the molecule is Cc1nc(CCNc2cc3nc[nH]c(=O)c3cc2N)no1. The highest BCUT2D eigenvalue weighted by atomic mass is 16.5. The molecule has 0 saturated heterocycles. The predicted molar refractivity (Wildman–Crippen MR) is 78.0 cm³/mol. The Labute approximate surface area is 119 Å². The highest BCUT2D eigenvalue weighted by Gasteiger charge is 2.07. The van der Waals surface area contributed by atoms with E-state index in [1.165, 1.54) is 6.33 Å². The van der Waals surface area contributed by atoms with E-state index < -0.39 is 0 Å². The molecule has 0 aliphatic rings. The van der Waals surface area contributed by atoms with Crippen LogP contribution in [0.25, 0.3) is 10.9 Å². The lowest BCUT2D eigenvalue weighted by molar-refractivity contribution is 0.387. The molecule has 2 aromatic heterocycles. The van der Waals surface area contributed by atoms with Crippen LogP contribution in [0.3, 0.4) is 0 Å². The minimum atomic E-state index is -0.208. The molecule has 0 bridgehead atoms. The second kappa shape index (κ2) is 5.23. The molecule has 0 saturated carbocycles. The molecule has 0 radical (unpaired) electrons. The van der Waals surface area contributed by atoms with E-state index in [1.54, 1.807) is 19.1 Å². The molecule has 1 aromatic carbocycles. The van der Waals surface area contributed by atoms with E-state index in [2.05, 4.69) is 25.4 Å². The number of H-pyrrole nitrogens is 1. The maximum Gasteiger partial charge on any atom is 0.258 e. The molecule has 2 heterocycles. The molecular formula is C13H14N6O2. The Kier molecular flexibility index (Phi) is 3.27. The smallest absolute Gasteiger partial charge is 0.258 e. The number of nitrogens with zero attached hydrogens (tertiary/aromatic N) is 3.